The van der Waals surface area contributed by atoms with Gasteiger partial charge in [0.1, 0.15) is 18.1 Å². The first-order valence-electron chi connectivity index (χ1n) is 9.49. The van der Waals surface area contributed by atoms with Gasteiger partial charge >= 0.3 is 5.69 Å². The number of imidazole rings is 1. The van der Waals surface area contributed by atoms with Crippen molar-refractivity contribution in [2.24, 2.45) is 12.1 Å². The third-order valence-electron chi connectivity index (χ3n) is 4.64. The standard InChI is InChI=1S/C21H20N6O4/c1-26-18-17(19(29)24-21(26)30)27(11-12-31-15-8-3-2-4-9-15)20(23-18)25-22-13-14-7-5-6-10-16(14)28/h2-10,13,28H,11-12H2,1H3,(H,23,25)(H,24,29,30). The fourth-order valence-electron chi connectivity index (χ4n) is 3.07. The summed E-state index contributed by atoms with van der Waals surface area (Å²) in [5.41, 5.74) is 2.62. The number of para-hydroxylation sites is 2. The number of phenols is 1. The second-order valence-electron chi connectivity index (χ2n) is 6.67. The van der Waals surface area contributed by atoms with E-state index in [4.69, 9.17) is 4.74 Å². The number of rotatable bonds is 7. The lowest BCUT2D eigenvalue weighted by atomic mass is 10.2. The number of fused-ring (bicyclic) bond motifs is 1. The Hall–Kier alpha value is -4.34. The van der Waals surface area contributed by atoms with Crippen molar-refractivity contribution in [2.75, 3.05) is 12.0 Å². The van der Waals surface area contributed by atoms with E-state index in [9.17, 15) is 14.7 Å². The molecule has 10 heteroatoms. The van der Waals surface area contributed by atoms with Crippen LogP contribution in [-0.2, 0) is 13.6 Å². The number of ether oxygens (including phenoxy) is 1. The number of aromatic hydroxyl groups is 1. The van der Waals surface area contributed by atoms with E-state index in [1.165, 1.54) is 17.8 Å². The summed E-state index contributed by atoms with van der Waals surface area (Å²) in [6.45, 7) is 0.538. The van der Waals surface area contributed by atoms with Crippen molar-refractivity contribution in [1.29, 1.82) is 0 Å². The quantitative estimate of drug-likeness (QED) is 0.308. The lowest BCUT2D eigenvalue weighted by molar-refractivity contribution is 0.301. The highest BCUT2D eigenvalue weighted by molar-refractivity contribution is 5.83. The van der Waals surface area contributed by atoms with Crippen LogP contribution in [0.4, 0.5) is 5.95 Å². The van der Waals surface area contributed by atoms with Crippen LogP contribution < -0.4 is 21.4 Å². The fraction of sp³-hybridized carbons (Fsp3) is 0.143. The number of nitrogens with one attached hydrogen (secondary N) is 2. The Morgan fingerprint density at radius 1 is 1.16 bits per heavy atom. The van der Waals surface area contributed by atoms with Gasteiger partial charge in [-0.05, 0) is 24.3 Å². The molecule has 0 bridgehead atoms. The maximum absolute atomic E-state index is 12.5. The van der Waals surface area contributed by atoms with Crippen LogP contribution in [0.5, 0.6) is 11.5 Å². The first kappa shape index (κ1) is 20.0. The molecule has 3 N–H and O–H groups in total. The number of H-pyrrole nitrogens is 1. The minimum Gasteiger partial charge on any atom is -0.507 e. The summed E-state index contributed by atoms with van der Waals surface area (Å²) < 4.78 is 8.59. The molecule has 10 nitrogen and oxygen atoms in total. The van der Waals surface area contributed by atoms with Crippen LogP contribution in [0.15, 0.2) is 69.3 Å². The molecular weight excluding hydrogens is 400 g/mol. The number of hydrazone groups is 1. The predicted molar refractivity (Wildman–Crippen MR) is 117 cm³/mol. The van der Waals surface area contributed by atoms with E-state index in [0.717, 1.165) is 0 Å². The van der Waals surface area contributed by atoms with Crippen molar-refractivity contribution in [3.05, 3.63) is 81.0 Å². The summed E-state index contributed by atoms with van der Waals surface area (Å²) >= 11 is 0. The molecule has 0 aliphatic rings. The highest BCUT2D eigenvalue weighted by atomic mass is 16.5. The topological polar surface area (TPSA) is 127 Å². The Bertz CT molecular complexity index is 1350. The van der Waals surface area contributed by atoms with Crippen LogP contribution >= 0.6 is 0 Å². The highest BCUT2D eigenvalue weighted by Gasteiger charge is 2.17. The van der Waals surface area contributed by atoms with Crippen LogP contribution in [0.2, 0.25) is 0 Å². The first-order valence-corrected chi connectivity index (χ1v) is 9.49. The zero-order valence-electron chi connectivity index (χ0n) is 16.6. The van der Waals surface area contributed by atoms with Gasteiger partial charge in [0.05, 0.1) is 12.8 Å². The maximum Gasteiger partial charge on any atom is 0.329 e. The van der Waals surface area contributed by atoms with Crippen molar-refractivity contribution >= 4 is 23.3 Å². The number of aromatic nitrogens is 4. The molecule has 2 aromatic heterocycles. The zero-order valence-corrected chi connectivity index (χ0v) is 16.6. The lowest BCUT2D eigenvalue weighted by Gasteiger charge is -2.10. The smallest absolute Gasteiger partial charge is 0.329 e. The molecule has 0 aliphatic heterocycles. The molecule has 31 heavy (non-hydrogen) atoms. The maximum atomic E-state index is 12.5. The molecule has 0 fully saturated rings. The average molecular weight is 420 g/mol. The molecule has 0 saturated carbocycles. The average Bonchev–Trinajstić information content (AvgIpc) is 3.13. The van der Waals surface area contributed by atoms with Gasteiger partial charge in [-0.3, -0.25) is 18.9 Å². The van der Waals surface area contributed by atoms with E-state index in [1.807, 2.05) is 30.3 Å². The summed E-state index contributed by atoms with van der Waals surface area (Å²) in [6, 6.07) is 16.0. The zero-order chi connectivity index (χ0) is 21.8. The van der Waals surface area contributed by atoms with Crippen molar-refractivity contribution in [3.8, 4) is 11.5 Å². The Balaban J connectivity index is 1.66. The predicted octanol–water partition coefficient (Wildman–Crippen LogP) is 1.65. The minimum absolute atomic E-state index is 0.0802. The second kappa shape index (κ2) is 8.57. The van der Waals surface area contributed by atoms with Gasteiger partial charge in [-0.25, -0.2) is 10.2 Å². The Morgan fingerprint density at radius 2 is 1.90 bits per heavy atom. The molecule has 4 rings (SSSR count). The van der Waals surface area contributed by atoms with E-state index in [-0.39, 0.29) is 36.0 Å². The van der Waals surface area contributed by atoms with Gasteiger partial charge in [0.25, 0.3) is 5.56 Å². The number of hydrogen-bond donors (Lipinski definition) is 3. The van der Waals surface area contributed by atoms with Crippen LogP contribution in [0.3, 0.4) is 0 Å². The number of aryl methyl sites for hydroxylation is 1. The minimum atomic E-state index is -0.563. The summed E-state index contributed by atoms with van der Waals surface area (Å²) in [7, 11) is 1.52. The van der Waals surface area contributed by atoms with E-state index < -0.39 is 11.2 Å². The van der Waals surface area contributed by atoms with Crippen LogP contribution in [0.1, 0.15) is 5.56 Å². The molecule has 0 amide bonds. The third-order valence-corrected chi connectivity index (χ3v) is 4.64. The molecular formula is C21H20N6O4. The Kier molecular flexibility index (Phi) is 5.52. The van der Waals surface area contributed by atoms with E-state index >= 15 is 0 Å². The van der Waals surface area contributed by atoms with Crippen molar-refractivity contribution in [3.63, 3.8) is 0 Å². The summed E-state index contributed by atoms with van der Waals surface area (Å²) in [5, 5.41) is 14.0. The number of nitrogens with zero attached hydrogens (tertiary/aromatic N) is 4. The van der Waals surface area contributed by atoms with E-state index in [0.29, 0.717) is 11.3 Å². The van der Waals surface area contributed by atoms with Gasteiger partial charge < -0.3 is 9.84 Å². The number of benzene rings is 2. The highest BCUT2D eigenvalue weighted by Crippen LogP contribution is 2.17. The van der Waals surface area contributed by atoms with Gasteiger partial charge in [0.15, 0.2) is 11.2 Å². The van der Waals surface area contributed by atoms with Gasteiger partial charge in [-0.1, -0.05) is 30.3 Å². The van der Waals surface area contributed by atoms with E-state index in [1.54, 1.807) is 28.8 Å². The van der Waals surface area contributed by atoms with Crippen molar-refractivity contribution in [1.82, 2.24) is 19.1 Å². The van der Waals surface area contributed by atoms with Gasteiger partial charge in [-0.15, -0.1) is 0 Å². The van der Waals surface area contributed by atoms with Gasteiger partial charge in [0, 0.05) is 12.6 Å². The van der Waals surface area contributed by atoms with Crippen LogP contribution in [0.25, 0.3) is 11.2 Å². The van der Waals surface area contributed by atoms with Crippen LogP contribution in [-0.4, -0.2) is 37.0 Å². The number of phenolic OH excluding ortho intramolecular Hbond substituents is 1. The molecule has 2 heterocycles. The summed E-state index contributed by atoms with van der Waals surface area (Å²) in [5.74, 6) is 1.03. The molecule has 0 radical (unpaired) electrons. The van der Waals surface area contributed by atoms with Gasteiger partial charge in [0.2, 0.25) is 5.95 Å². The molecule has 0 atom stereocenters. The van der Waals surface area contributed by atoms with Gasteiger partial charge in [-0.2, -0.15) is 10.1 Å². The molecule has 0 unspecified atom stereocenters. The fourth-order valence-corrected chi connectivity index (χ4v) is 3.07. The molecule has 2 aromatic carbocycles. The van der Waals surface area contributed by atoms with Crippen molar-refractivity contribution < 1.29 is 9.84 Å². The van der Waals surface area contributed by atoms with E-state index in [2.05, 4.69) is 20.5 Å². The monoisotopic (exact) mass is 420 g/mol. The molecule has 4 aromatic rings. The lowest BCUT2D eigenvalue weighted by Crippen LogP contribution is -2.29. The second-order valence-corrected chi connectivity index (χ2v) is 6.67. The molecule has 0 aliphatic carbocycles. The largest absolute Gasteiger partial charge is 0.507 e. The normalized spacial score (nSPS) is 11.3. The number of anilines is 1. The third kappa shape index (κ3) is 4.17. The van der Waals surface area contributed by atoms with Crippen LogP contribution in [0, 0.1) is 0 Å². The van der Waals surface area contributed by atoms with Crippen molar-refractivity contribution in [2.45, 2.75) is 6.54 Å². The molecule has 0 spiro atoms. The SMILES string of the molecule is Cn1c(=O)[nH]c(=O)c2c1nc(NN=Cc1ccccc1O)n2CCOc1ccccc1. The Morgan fingerprint density at radius 3 is 2.68 bits per heavy atom. The molecule has 158 valence electrons. The Labute approximate surface area is 176 Å². The summed E-state index contributed by atoms with van der Waals surface area (Å²) in [4.78, 5) is 31.1. The summed E-state index contributed by atoms with van der Waals surface area (Å²) in [6.07, 6.45) is 1.43. The first-order chi connectivity index (χ1) is 15.0. The molecule has 0 saturated heterocycles. The number of aromatic amines is 1. The number of hydrogen-bond acceptors (Lipinski definition) is 7.